The molecule has 1 spiro atoms. The van der Waals surface area contributed by atoms with Crippen molar-refractivity contribution in [3.63, 3.8) is 0 Å². The number of nitrogens with one attached hydrogen (secondary N) is 2. The van der Waals surface area contributed by atoms with Crippen LogP contribution in [0.1, 0.15) is 33.6 Å². The minimum atomic E-state index is -2.01. The fraction of sp³-hybridized carbons (Fsp3) is 0.121. The second kappa shape index (κ2) is 9.97. The van der Waals surface area contributed by atoms with Gasteiger partial charge in [0.15, 0.2) is 11.2 Å². The zero-order valence-corrected chi connectivity index (χ0v) is 24.3. The fourth-order valence-electron chi connectivity index (χ4n) is 6.70. The Balaban J connectivity index is 1.39. The molecule has 7 N–H and O–H groups in total. The van der Waals surface area contributed by atoms with Crippen LogP contribution in [-0.4, -0.2) is 39.5 Å². The van der Waals surface area contributed by atoms with Crippen molar-refractivity contribution in [1.29, 1.82) is 0 Å². The molecule has 1 atom stereocenters. The van der Waals surface area contributed by atoms with E-state index in [1.807, 2.05) is 0 Å². The number of hydrazone groups is 1. The van der Waals surface area contributed by atoms with Gasteiger partial charge in [-0.15, -0.1) is 0 Å². The lowest BCUT2D eigenvalue weighted by atomic mass is 9.78. The molecule has 14 nitrogen and oxygen atoms in total. The van der Waals surface area contributed by atoms with Crippen LogP contribution in [0.25, 0.3) is 22.3 Å². The number of anilines is 1. The number of amides is 1. The second-order valence-corrected chi connectivity index (χ2v) is 11.3. The Hall–Kier alpha value is -6.57. The van der Waals surface area contributed by atoms with Gasteiger partial charge in [0.25, 0.3) is 11.5 Å². The quantitative estimate of drug-likeness (QED) is 0.0785. The van der Waals surface area contributed by atoms with Gasteiger partial charge in [0, 0.05) is 22.9 Å². The topological polar surface area (TPSA) is 239 Å². The number of hydrogen-bond acceptors (Lipinski definition) is 12. The van der Waals surface area contributed by atoms with Crippen molar-refractivity contribution in [3.8, 4) is 11.5 Å². The standard InChI is InChI=1S/C33H22N4O10/c1-47-18-10-17(38)20-21(25(18)39)27(41)23-22(26(20)40)29(43)33(30(23)44)7-6-13-8-14-9-16(36-32(46)19(14)28(42)24(13)33)11-35-37-31(45)12-2-4-15(34)5-3-12/h2-5,8-11,42-44H,6-7,34H2,1H3,(H,36,46)(H,37,45). The van der Waals surface area contributed by atoms with E-state index in [2.05, 4.69) is 15.5 Å². The molecule has 1 unspecified atom stereocenters. The number of hydrogen-bond donors (Lipinski definition) is 6. The van der Waals surface area contributed by atoms with Gasteiger partial charge in [-0.05, 0) is 54.1 Å². The third-order valence-electron chi connectivity index (χ3n) is 8.82. The second-order valence-electron chi connectivity index (χ2n) is 11.3. The van der Waals surface area contributed by atoms with Crippen molar-refractivity contribution in [1.82, 2.24) is 10.4 Å². The summed E-state index contributed by atoms with van der Waals surface area (Å²) in [5.41, 5.74) is 2.08. The van der Waals surface area contributed by atoms with E-state index in [1.165, 1.54) is 24.4 Å². The number of phenols is 1. The van der Waals surface area contributed by atoms with E-state index >= 15 is 0 Å². The number of rotatable bonds is 4. The maximum absolute atomic E-state index is 13.6. The third kappa shape index (κ3) is 3.87. The van der Waals surface area contributed by atoms with E-state index in [4.69, 9.17) is 10.5 Å². The minimum absolute atomic E-state index is 0.107. The van der Waals surface area contributed by atoms with E-state index in [9.17, 15) is 44.1 Å². The number of aliphatic hydroxyl groups excluding tert-OH is 2. The Bertz CT molecular complexity index is 2760. The van der Waals surface area contributed by atoms with Crippen LogP contribution in [0.5, 0.6) is 11.5 Å². The zero-order chi connectivity index (χ0) is 33.5. The first-order valence-corrected chi connectivity index (χ1v) is 14.1. The van der Waals surface area contributed by atoms with Gasteiger partial charge < -0.3 is 30.8 Å². The molecule has 2 aromatic carbocycles. The largest absolute Gasteiger partial charge is 0.510 e. The van der Waals surface area contributed by atoms with Crippen LogP contribution in [0, 0.1) is 10.4 Å². The van der Waals surface area contributed by atoms with Gasteiger partial charge in [-0.1, -0.05) is 6.07 Å². The predicted octanol–water partition coefficient (Wildman–Crippen LogP) is -1.14. The number of nitrogens with two attached hydrogens (primary N) is 1. The predicted molar refractivity (Wildman–Crippen MR) is 169 cm³/mol. The Morgan fingerprint density at radius 2 is 1.60 bits per heavy atom. The molecule has 0 radical (unpaired) electrons. The van der Waals surface area contributed by atoms with Crippen molar-refractivity contribution >= 4 is 40.1 Å². The molecule has 4 aliphatic carbocycles. The number of benzene rings is 2. The molecule has 3 aromatic rings. The summed E-state index contributed by atoms with van der Waals surface area (Å²) in [5.74, 6) is -3.21. The number of aliphatic hydroxyl groups is 2. The van der Waals surface area contributed by atoms with Gasteiger partial charge in [0.2, 0.25) is 16.3 Å². The fourth-order valence-corrected chi connectivity index (χ4v) is 6.70. The highest BCUT2D eigenvalue weighted by molar-refractivity contribution is 5.97. The van der Waals surface area contributed by atoms with Crippen molar-refractivity contribution in [2.45, 2.75) is 18.3 Å². The number of carbonyl (C=O) groups excluding carboxylic acids is 1. The summed E-state index contributed by atoms with van der Waals surface area (Å²) in [5, 5.41) is 35.7. The third-order valence-corrected chi connectivity index (χ3v) is 8.82. The van der Waals surface area contributed by atoms with Crippen LogP contribution in [0.4, 0.5) is 5.69 Å². The van der Waals surface area contributed by atoms with Gasteiger partial charge in [0.05, 0.1) is 45.3 Å². The normalized spacial score (nSPS) is 16.8. The van der Waals surface area contributed by atoms with Gasteiger partial charge in [-0.3, -0.25) is 28.8 Å². The van der Waals surface area contributed by atoms with E-state index in [1.54, 1.807) is 18.2 Å². The molecule has 4 aliphatic rings. The van der Waals surface area contributed by atoms with Crippen LogP contribution < -0.4 is 53.6 Å². The molecular formula is C33H22N4O10. The Morgan fingerprint density at radius 1 is 0.936 bits per heavy atom. The SMILES string of the molecule is COc1cc(=O)c2c(=O)c3c(c(=O)c=2c1=O)=C(O)C1(CCc2cc4cc(C=NNC(=O)c5ccc(N)cc5)[nH]c(=O)c4c(O)c21)C=3O. The highest BCUT2D eigenvalue weighted by Gasteiger charge is 2.53. The first-order valence-electron chi connectivity index (χ1n) is 14.1. The lowest BCUT2D eigenvalue weighted by molar-refractivity contribution is 0.0955. The number of ether oxygens (including phenoxy) is 1. The van der Waals surface area contributed by atoms with E-state index in [0.29, 0.717) is 16.8 Å². The number of aromatic amines is 1. The summed E-state index contributed by atoms with van der Waals surface area (Å²) < 4.78 is 4.89. The van der Waals surface area contributed by atoms with Gasteiger partial charge in [-0.2, -0.15) is 5.10 Å². The summed E-state index contributed by atoms with van der Waals surface area (Å²) >= 11 is 0. The van der Waals surface area contributed by atoms with Crippen molar-refractivity contribution in [2.24, 2.45) is 5.10 Å². The lowest BCUT2D eigenvalue weighted by Crippen LogP contribution is -2.51. The summed E-state index contributed by atoms with van der Waals surface area (Å²) in [4.78, 5) is 81.1. The van der Waals surface area contributed by atoms with E-state index < -0.39 is 82.5 Å². The van der Waals surface area contributed by atoms with Gasteiger partial charge in [0.1, 0.15) is 22.7 Å². The van der Waals surface area contributed by atoms with Crippen LogP contribution in [0.15, 0.2) is 71.5 Å². The Morgan fingerprint density at radius 3 is 2.26 bits per heavy atom. The molecule has 14 heteroatoms. The molecule has 0 aliphatic heterocycles. The highest BCUT2D eigenvalue weighted by atomic mass is 16.5. The Labute approximate surface area is 260 Å². The average Bonchev–Trinajstić information content (AvgIpc) is 3.53. The van der Waals surface area contributed by atoms with E-state index in [0.717, 1.165) is 13.2 Å². The number of aromatic nitrogens is 1. The molecule has 0 saturated carbocycles. The average molecular weight is 635 g/mol. The van der Waals surface area contributed by atoms with Crippen molar-refractivity contribution in [3.05, 3.63) is 137 Å². The van der Waals surface area contributed by atoms with Crippen LogP contribution in [0.3, 0.4) is 0 Å². The zero-order valence-electron chi connectivity index (χ0n) is 24.3. The number of carbonyl (C=O) groups is 1. The first kappa shape index (κ1) is 29.2. The summed E-state index contributed by atoms with van der Waals surface area (Å²) in [6.45, 7) is 0. The molecule has 0 bridgehead atoms. The van der Waals surface area contributed by atoms with E-state index in [-0.39, 0.29) is 34.9 Å². The van der Waals surface area contributed by atoms with Crippen LogP contribution in [0.2, 0.25) is 0 Å². The molecule has 1 amide bonds. The molecule has 7 rings (SSSR count). The number of pyridine rings is 1. The molecule has 47 heavy (non-hydrogen) atoms. The molecule has 1 aromatic heterocycles. The summed E-state index contributed by atoms with van der Waals surface area (Å²) in [7, 11) is 1.11. The number of H-pyrrole nitrogens is 1. The number of aryl methyl sites for hydroxylation is 1. The number of fused-ring (bicyclic) bond motifs is 4. The van der Waals surface area contributed by atoms with Gasteiger partial charge >= 0.3 is 0 Å². The number of methoxy groups -OCH3 is 1. The van der Waals surface area contributed by atoms with Crippen LogP contribution >= 0.6 is 0 Å². The number of nitrogens with zero attached hydrogens (tertiary/aromatic N) is 1. The molecule has 234 valence electrons. The Kier molecular flexibility index (Phi) is 6.18. The molecule has 0 saturated heterocycles. The van der Waals surface area contributed by atoms with Gasteiger partial charge in [-0.25, -0.2) is 5.43 Å². The smallest absolute Gasteiger partial charge is 0.271 e. The van der Waals surface area contributed by atoms with Crippen molar-refractivity contribution in [2.75, 3.05) is 12.8 Å². The maximum Gasteiger partial charge on any atom is 0.271 e. The molecule has 1 heterocycles. The highest BCUT2D eigenvalue weighted by Crippen LogP contribution is 2.54. The minimum Gasteiger partial charge on any atom is -0.510 e. The number of aromatic hydroxyl groups is 1. The summed E-state index contributed by atoms with van der Waals surface area (Å²) in [6, 6.07) is 9.93. The van der Waals surface area contributed by atoms with Crippen LogP contribution in [-0.2, 0) is 11.8 Å². The number of nitrogen functional groups attached to an aromatic ring is 1. The molecule has 0 fully saturated rings. The lowest BCUT2D eigenvalue weighted by Gasteiger charge is -2.27. The molecular weight excluding hydrogens is 612 g/mol. The summed E-state index contributed by atoms with van der Waals surface area (Å²) in [6.07, 6.45) is 1.17. The number of phenolic OH excluding ortho intramolecular Hbond substituents is 1. The van der Waals surface area contributed by atoms with Crippen molar-refractivity contribution < 1.29 is 24.9 Å². The first-order chi connectivity index (χ1) is 22.4. The monoisotopic (exact) mass is 634 g/mol. The maximum atomic E-state index is 13.6.